The van der Waals surface area contributed by atoms with Gasteiger partial charge in [-0.15, -0.1) is 0 Å². The fraction of sp³-hybridized carbons (Fsp3) is 0.600. The van der Waals surface area contributed by atoms with Gasteiger partial charge in [-0.3, -0.25) is 9.78 Å². The molecule has 1 N–H and O–H groups in total. The van der Waals surface area contributed by atoms with E-state index < -0.39 is 0 Å². The van der Waals surface area contributed by atoms with E-state index >= 15 is 0 Å². The number of rotatable bonds is 3. The van der Waals surface area contributed by atoms with E-state index in [0.29, 0.717) is 30.8 Å². The molecule has 1 aromatic rings. The lowest BCUT2D eigenvalue weighted by Gasteiger charge is -2.32. The number of carbonyl (C=O) groups is 1. The van der Waals surface area contributed by atoms with Gasteiger partial charge in [0.05, 0.1) is 25.1 Å². The Labute approximate surface area is 119 Å². The van der Waals surface area contributed by atoms with Gasteiger partial charge >= 0.3 is 0 Å². The minimum Gasteiger partial charge on any atom is -0.381 e. The number of anilines is 1. The Morgan fingerprint density at radius 3 is 3.20 bits per heavy atom. The van der Waals surface area contributed by atoms with Crippen molar-refractivity contribution >= 4 is 11.6 Å². The molecule has 0 aromatic carbocycles. The molecule has 3 atom stereocenters. The van der Waals surface area contributed by atoms with Crippen molar-refractivity contribution in [2.24, 2.45) is 17.8 Å². The Morgan fingerprint density at radius 2 is 2.40 bits per heavy atom. The molecule has 0 radical (unpaired) electrons. The molecule has 5 heteroatoms. The maximum atomic E-state index is 12.1. The first-order chi connectivity index (χ1) is 9.72. The monoisotopic (exact) mass is 275 g/mol. The second kappa shape index (κ2) is 5.89. The molecule has 0 unspecified atom stereocenters. The van der Waals surface area contributed by atoms with Gasteiger partial charge in [0.25, 0.3) is 0 Å². The zero-order chi connectivity index (χ0) is 13.9. The van der Waals surface area contributed by atoms with Crippen molar-refractivity contribution in [3.05, 3.63) is 24.5 Å². The third-order valence-corrected chi connectivity index (χ3v) is 4.34. The topological polar surface area (TPSA) is 54.5 Å². The Hall–Kier alpha value is -1.46. The van der Waals surface area contributed by atoms with Crippen LogP contribution in [0.25, 0.3) is 0 Å². The summed E-state index contributed by atoms with van der Waals surface area (Å²) in [6.07, 6.45) is 3.90. The quantitative estimate of drug-likeness (QED) is 0.901. The normalized spacial score (nSPS) is 29.9. The van der Waals surface area contributed by atoms with E-state index in [-0.39, 0.29) is 5.91 Å². The summed E-state index contributed by atoms with van der Waals surface area (Å²) in [7, 11) is 2.14. The molecule has 0 aliphatic carbocycles. The van der Waals surface area contributed by atoms with E-state index in [4.69, 9.17) is 4.74 Å². The summed E-state index contributed by atoms with van der Waals surface area (Å²) in [6, 6.07) is 3.68. The maximum absolute atomic E-state index is 12.1. The highest BCUT2D eigenvalue weighted by Crippen LogP contribution is 2.35. The third kappa shape index (κ3) is 2.99. The second-order valence-electron chi connectivity index (χ2n) is 5.94. The fourth-order valence-electron chi connectivity index (χ4n) is 3.42. The number of pyridine rings is 1. The Morgan fingerprint density at radius 1 is 1.50 bits per heavy atom. The number of nitrogens with zero attached hydrogens (tertiary/aromatic N) is 2. The van der Waals surface area contributed by atoms with E-state index in [1.54, 1.807) is 12.4 Å². The highest BCUT2D eigenvalue weighted by molar-refractivity contribution is 5.90. The zero-order valence-electron chi connectivity index (χ0n) is 11.8. The third-order valence-electron chi connectivity index (χ3n) is 4.34. The molecule has 20 heavy (non-hydrogen) atoms. The van der Waals surface area contributed by atoms with Crippen LogP contribution in [0.5, 0.6) is 0 Å². The van der Waals surface area contributed by atoms with Gasteiger partial charge in [0.1, 0.15) is 0 Å². The first-order valence-corrected chi connectivity index (χ1v) is 7.18. The molecule has 2 saturated heterocycles. The first-order valence-electron chi connectivity index (χ1n) is 7.18. The van der Waals surface area contributed by atoms with Crippen molar-refractivity contribution in [2.75, 3.05) is 38.7 Å². The highest BCUT2D eigenvalue weighted by atomic mass is 16.5. The van der Waals surface area contributed by atoms with Crippen LogP contribution in [0, 0.1) is 17.8 Å². The van der Waals surface area contributed by atoms with Gasteiger partial charge in [-0.25, -0.2) is 0 Å². The number of likely N-dealkylation sites (tertiary alicyclic amines) is 1. The first kappa shape index (κ1) is 13.5. The van der Waals surface area contributed by atoms with Gasteiger partial charge in [0, 0.05) is 25.7 Å². The lowest BCUT2D eigenvalue weighted by molar-refractivity contribution is -0.119. The number of aromatic nitrogens is 1. The van der Waals surface area contributed by atoms with Crippen LogP contribution < -0.4 is 5.32 Å². The average Bonchev–Trinajstić information content (AvgIpc) is 2.81. The summed E-state index contributed by atoms with van der Waals surface area (Å²) in [6.45, 7) is 3.72. The van der Waals surface area contributed by atoms with Crippen LogP contribution in [0.3, 0.4) is 0 Å². The molecule has 2 aliphatic rings. The summed E-state index contributed by atoms with van der Waals surface area (Å²) < 4.78 is 5.68. The van der Waals surface area contributed by atoms with Crippen molar-refractivity contribution in [1.29, 1.82) is 0 Å². The standard InChI is InChI=1S/C15H21N3O2/c1-18-7-12-10-20-9-11(14(12)8-18)5-15(19)17-13-3-2-4-16-6-13/h2-4,6,11-12,14H,5,7-10H2,1H3,(H,17,19)/t11-,12-,14+/m0/s1. The largest absolute Gasteiger partial charge is 0.381 e. The number of hydrogen-bond acceptors (Lipinski definition) is 4. The summed E-state index contributed by atoms with van der Waals surface area (Å²) in [5.74, 6) is 1.57. The van der Waals surface area contributed by atoms with Gasteiger partial charge in [-0.05, 0) is 36.9 Å². The van der Waals surface area contributed by atoms with E-state index in [1.807, 2.05) is 12.1 Å². The molecule has 0 saturated carbocycles. The van der Waals surface area contributed by atoms with E-state index in [0.717, 1.165) is 25.4 Å². The Balaban J connectivity index is 1.58. The molecule has 0 bridgehead atoms. The lowest BCUT2D eigenvalue weighted by atomic mass is 9.81. The molecule has 3 heterocycles. The molecule has 1 amide bonds. The molecule has 108 valence electrons. The number of carbonyl (C=O) groups excluding carboxylic acids is 1. The molecule has 0 spiro atoms. The molecule has 1 aromatic heterocycles. The van der Waals surface area contributed by atoms with Crippen LogP contribution in [0.4, 0.5) is 5.69 Å². The van der Waals surface area contributed by atoms with Gasteiger partial charge in [-0.2, -0.15) is 0 Å². The summed E-state index contributed by atoms with van der Waals surface area (Å²) in [5, 5.41) is 2.91. The minimum atomic E-state index is 0.0572. The number of hydrogen-bond donors (Lipinski definition) is 1. The second-order valence-corrected chi connectivity index (χ2v) is 5.94. The predicted octanol–water partition coefficient (Wildman–Crippen LogP) is 1.23. The minimum absolute atomic E-state index is 0.0572. The van der Waals surface area contributed by atoms with Crippen LogP contribution in [-0.4, -0.2) is 49.1 Å². The van der Waals surface area contributed by atoms with Gasteiger partial charge in [0.15, 0.2) is 0 Å². The molecule has 2 fully saturated rings. The van der Waals surface area contributed by atoms with Crippen LogP contribution in [-0.2, 0) is 9.53 Å². The number of ether oxygens (including phenoxy) is 1. The van der Waals surface area contributed by atoms with Crippen molar-refractivity contribution < 1.29 is 9.53 Å². The van der Waals surface area contributed by atoms with E-state index in [2.05, 4.69) is 22.2 Å². The van der Waals surface area contributed by atoms with Gasteiger partial charge in [0.2, 0.25) is 5.91 Å². The van der Waals surface area contributed by atoms with Crippen molar-refractivity contribution in [1.82, 2.24) is 9.88 Å². The summed E-state index contributed by atoms with van der Waals surface area (Å²) in [4.78, 5) is 18.5. The van der Waals surface area contributed by atoms with Crippen LogP contribution >= 0.6 is 0 Å². The molecule has 5 nitrogen and oxygen atoms in total. The summed E-state index contributed by atoms with van der Waals surface area (Å²) >= 11 is 0. The molecule has 2 aliphatic heterocycles. The van der Waals surface area contributed by atoms with Crippen LogP contribution in [0.2, 0.25) is 0 Å². The van der Waals surface area contributed by atoms with Crippen LogP contribution in [0.1, 0.15) is 6.42 Å². The van der Waals surface area contributed by atoms with E-state index in [1.165, 1.54) is 0 Å². The summed E-state index contributed by atoms with van der Waals surface area (Å²) in [5.41, 5.74) is 0.759. The number of fused-ring (bicyclic) bond motifs is 1. The average molecular weight is 275 g/mol. The SMILES string of the molecule is CN1C[C@H]2COC[C@H](CC(=O)Nc3cccnc3)[C@H]2C1. The molecular weight excluding hydrogens is 254 g/mol. The zero-order valence-corrected chi connectivity index (χ0v) is 11.8. The predicted molar refractivity (Wildman–Crippen MR) is 76.3 cm³/mol. The van der Waals surface area contributed by atoms with Gasteiger partial charge in [-0.1, -0.05) is 0 Å². The van der Waals surface area contributed by atoms with E-state index in [9.17, 15) is 4.79 Å². The number of nitrogens with one attached hydrogen (secondary N) is 1. The van der Waals surface area contributed by atoms with Gasteiger partial charge < -0.3 is 15.0 Å². The molecular formula is C15H21N3O2. The van der Waals surface area contributed by atoms with Crippen molar-refractivity contribution in [3.8, 4) is 0 Å². The lowest BCUT2D eigenvalue weighted by Crippen LogP contribution is -2.37. The maximum Gasteiger partial charge on any atom is 0.224 e. The smallest absolute Gasteiger partial charge is 0.224 e. The van der Waals surface area contributed by atoms with Crippen molar-refractivity contribution in [3.63, 3.8) is 0 Å². The van der Waals surface area contributed by atoms with Crippen molar-refractivity contribution in [2.45, 2.75) is 6.42 Å². The fourth-order valence-corrected chi connectivity index (χ4v) is 3.42. The molecule has 3 rings (SSSR count). The highest BCUT2D eigenvalue weighted by Gasteiger charge is 2.40. The van der Waals surface area contributed by atoms with Crippen LogP contribution in [0.15, 0.2) is 24.5 Å². The Bertz CT molecular complexity index is 465. The number of amides is 1. The Kier molecular flexibility index (Phi) is 3.98.